The van der Waals surface area contributed by atoms with Crippen LogP contribution in [0.15, 0.2) is 78.9 Å². The fourth-order valence-corrected chi connectivity index (χ4v) is 7.34. The molecular weight excluding hydrogens is 614 g/mol. The van der Waals surface area contributed by atoms with Gasteiger partial charge in [-0.3, -0.25) is 19.8 Å². The zero-order chi connectivity index (χ0) is 33.8. The quantitative estimate of drug-likeness (QED) is 0.150. The van der Waals surface area contributed by atoms with Crippen molar-refractivity contribution in [3.63, 3.8) is 0 Å². The van der Waals surface area contributed by atoms with E-state index in [0.29, 0.717) is 12.6 Å². The van der Waals surface area contributed by atoms with Crippen molar-refractivity contribution < 1.29 is 19.1 Å². The Hall–Kier alpha value is -4.05. The van der Waals surface area contributed by atoms with Crippen molar-refractivity contribution in [2.24, 2.45) is 5.92 Å². The Morgan fingerprint density at radius 2 is 1.41 bits per heavy atom. The molecule has 0 radical (unpaired) electrons. The lowest BCUT2D eigenvalue weighted by Crippen LogP contribution is -2.43. The van der Waals surface area contributed by atoms with Gasteiger partial charge in [-0.2, -0.15) is 0 Å². The molecule has 260 valence electrons. The van der Waals surface area contributed by atoms with Crippen molar-refractivity contribution in [2.45, 2.75) is 70.1 Å². The molecule has 9 heteroatoms. The van der Waals surface area contributed by atoms with Gasteiger partial charge in [0.05, 0.1) is 12.2 Å². The Balaban J connectivity index is 0.835. The molecule has 49 heavy (non-hydrogen) atoms. The van der Waals surface area contributed by atoms with Gasteiger partial charge in [0.25, 0.3) is 0 Å². The maximum Gasteiger partial charge on any atom is 0.411 e. The Bertz CT molecular complexity index is 1510. The van der Waals surface area contributed by atoms with Crippen LogP contribution >= 0.6 is 0 Å². The minimum Gasteiger partial charge on any atom is -0.446 e. The minimum atomic E-state index is -0.421. The second-order valence-electron chi connectivity index (χ2n) is 13.8. The van der Waals surface area contributed by atoms with Gasteiger partial charge in [0.15, 0.2) is 5.78 Å². The molecule has 0 bridgehead atoms. The molecule has 0 aromatic heterocycles. The Morgan fingerprint density at radius 1 is 0.735 bits per heavy atom. The summed E-state index contributed by atoms with van der Waals surface area (Å²) in [5, 5.41) is 9.52. The number of piperidine rings is 2. The van der Waals surface area contributed by atoms with Crippen LogP contribution in [0.2, 0.25) is 0 Å². The molecule has 3 aliphatic rings. The Morgan fingerprint density at radius 3 is 2.14 bits per heavy atom. The largest absolute Gasteiger partial charge is 0.446 e. The first-order valence-electron chi connectivity index (χ1n) is 18.2. The van der Waals surface area contributed by atoms with E-state index in [1.807, 2.05) is 66.7 Å². The number of amides is 2. The number of rotatable bonds is 13. The van der Waals surface area contributed by atoms with E-state index in [1.165, 1.54) is 18.4 Å². The topological polar surface area (TPSA) is 103 Å². The van der Waals surface area contributed by atoms with E-state index in [-0.39, 0.29) is 23.7 Å². The summed E-state index contributed by atoms with van der Waals surface area (Å²) in [5.74, 6) is 0.478. The van der Waals surface area contributed by atoms with Gasteiger partial charge in [0.2, 0.25) is 5.91 Å². The summed E-state index contributed by atoms with van der Waals surface area (Å²) in [6.07, 6.45) is 7.59. The Labute approximate surface area is 290 Å². The summed E-state index contributed by atoms with van der Waals surface area (Å²) in [6, 6.07) is 26.1. The van der Waals surface area contributed by atoms with Crippen LogP contribution in [0.4, 0.5) is 10.5 Å². The number of nitrogens with one attached hydrogen (secondary N) is 3. The summed E-state index contributed by atoms with van der Waals surface area (Å²) in [4.78, 5) is 42.9. The lowest BCUT2D eigenvalue weighted by Gasteiger charge is -2.32. The highest BCUT2D eigenvalue weighted by atomic mass is 16.6. The molecule has 2 saturated heterocycles. The van der Waals surface area contributed by atoms with Crippen LogP contribution in [0.25, 0.3) is 11.1 Å². The molecular formula is C40H51N5O4. The van der Waals surface area contributed by atoms with Gasteiger partial charge in [-0.25, -0.2) is 4.79 Å². The van der Waals surface area contributed by atoms with Crippen LogP contribution in [0, 0.1) is 5.92 Å². The number of hydrogen-bond donors (Lipinski definition) is 3. The highest BCUT2D eigenvalue weighted by Gasteiger charge is 2.27. The number of carbonyl (C=O) groups is 3. The number of ketones is 1. The van der Waals surface area contributed by atoms with E-state index in [1.54, 1.807) is 0 Å². The molecule has 3 aromatic carbocycles. The molecule has 6 rings (SSSR count). The zero-order valence-corrected chi connectivity index (χ0v) is 28.6. The third-order valence-corrected chi connectivity index (χ3v) is 10.3. The third-order valence-electron chi connectivity index (χ3n) is 10.3. The molecule has 3 fully saturated rings. The molecule has 2 amide bonds. The fourth-order valence-electron chi connectivity index (χ4n) is 7.34. The van der Waals surface area contributed by atoms with Crippen molar-refractivity contribution >= 4 is 23.5 Å². The summed E-state index contributed by atoms with van der Waals surface area (Å²) < 4.78 is 5.77. The Kier molecular flexibility index (Phi) is 12.5. The molecule has 3 N–H and O–H groups in total. The maximum absolute atomic E-state index is 12.8. The van der Waals surface area contributed by atoms with Crippen LogP contribution in [0.5, 0.6) is 0 Å². The number of anilines is 1. The average molecular weight is 666 g/mol. The summed E-state index contributed by atoms with van der Waals surface area (Å²) in [6.45, 7) is 6.27. The van der Waals surface area contributed by atoms with Gasteiger partial charge in [0, 0.05) is 55.8 Å². The average Bonchev–Trinajstić information content (AvgIpc) is 3.65. The van der Waals surface area contributed by atoms with Crippen LogP contribution < -0.4 is 16.0 Å². The number of hydrogen-bond acceptors (Lipinski definition) is 7. The molecule has 2 heterocycles. The first kappa shape index (κ1) is 34.8. The van der Waals surface area contributed by atoms with Gasteiger partial charge in [-0.1, -0.05) is 85.6 Å². The molecule has 1 aliphatic carbocycles. The number of likely N-dealkylation sites (tertiary alicyclic amines) is 2. The lowest BCUT2D eigenvalue weighted by atomic mass is 9.95. The van der Waals surface area contributed by atoms with Gasteiger partial charge in [-0.05, 0) is 68.8 Å². The molecule has 0 spiro atoms. The fraction of sp³-hybridized carbons (Fsp3) is 0.475. The number of ether oxygens (including phenoxy) is 1. The molecule has 0 unspecified atom stereocenters. The lowest BCUT2D eigenvalue weighted by molar-refractivity contribution is -0.127. The second kappa shape index (κ2) is 17.6. The SMILES string of the molecule is O=C(Nc1ccccc1-c1ccccc1)OC1CCN(CCNCC(=O)c2ccc(CN3CCC(C(=O)NC4CCCC4)CC3)cc2)CC1. The molecule has 9 nitrogen and oxygen atoms in total. The smallest absolute Gasteiger partial charge is 0.411 e. The van der Waals surface area contributed by atoms with Crippen LogP contribution in [-0.2, 0) is 16.1 Å². The minimum absolute atomic E-state index is 0.0904. The predicted molar refractivity (Wildman–Crippen MR) is 193 cm³/mol. The highest BCUT2D eigenvalue weighted by molar-refractivity contribution is 5.97. The molecule has 3 aromatic rings. The highest BCUT2D eigenvalue weighted by Crippen LogP contribution is 2.28. The summed E-state index contributed by atoms with van der Waals surface area (Å²) >= 11 is 0. The first-order chi connectivity index (χ1) is 24.0. The summed E-state index contributed by atoms with van der Waals surface area (Å²) in [5.41, 5.74) is 4.66. The van der Waals surface area contributed by atoms with Crippen LogP contribution in [0.1, 0.15) is 67.3 Å². The van der Waals surface area contributed by atoms with Gasteiger partial charge in [-0.15, -0.1) is 0 Å². The van der Waals surface area contributed by atoms with E-state index in [0.717, 1.165) is 107 Å². The van der Waals surface area contributed by atoms with Crippen molar-refractivity contribution in [3.8, 4) is 11.1 Å². The first-order valence-corrected chi connectivity index (χ1v) is 18.2. The van der Waals surface area contributed by atoms with E-state index >= 15 is 0 Å². The van der Waals surface area contributed by atoms with Gasteiger partial charge in [0.1, 0.15) is 6.10 Å². The van der Waals surface area contributed by atoms with Crippen molar-refractivity contribution in [1.29, 1.82) is 0 Å². The molecule has 2 aliphatic heterocycles. The van der Waals surface area contributed by atoms with E-state index in [2.05, 4.69) is 37.9 Å². The van der Waals surface area contributed by atoms with E-state index < -0.39 is 6.09 Å². The maximum atomic E-state index is 12.8. The van der Waals surface area contributed by atoms with E-state index in [4.69, 9.17) is 4.74 Å². The predicted octanol–water partition coefficient (Wildman–Crippen LogP) is 6.11. The molecule has 1 saturated carbocycles. The number of benzene rings is 3. The van der Waals surface area contributed by atoms with Gasteiger partial charge < -0.3 is 20.3 Å². The second-order valence-corrected chi connectivity index (χ2v) is 13.8. The van der Waals surface area contributed by atoms with Crippen LogP contribution in [-0.4, -0.2) is 85.5 Å². The zero-order valence-electron chi connectivity index (χ0n) is 28.6. The number of Topliss-reactive ketones (excluding diaryl/α,β-unsaturated/α-hetero) is 1. The third kappa shape index (κ3) is 10.2. The standard InChI is InChI=1S/C40H51N5O4/c46-38(32-16-14-30(15-17-32)29-45-23-18-33(19-24-45)39(47)42-34-10-4-5-11-34)28-41-22-27-44-25-20-35(21-26-44)49-40(48)43-37-13-7-6-12-36(37)31-8-2-1-3-9-31/h1-3,6-9,12-17,33-35,41H,4-5,10-11,18-29H2,(H,42,47)(H,43,48). The van der Waals surface area contributed by atoms with E-state index in [9.17, 15) is 14.4 Å². The van der Waals surface area contributed by atoms with Crippen molar-refractivity contribution in [1.82, 2.24) is 20.4 Å². The van der Waals surface area contributed by atoms with Crippen molar-refractivity contribution in [2.75, 3.05) is 51.1 Å². The monoisotopic (exact) mass is 665 g/mol. The van der Waals surface area contributed by atoms with Gasteiger partial charge >= 0.3 is 6.09 Å². The number of carbonyl (C=O) groups excluding carboxylic acids is 3. The number of nitrogens with zero attached hydrogens (tertiary/aromatic N) is 2. The van der Waals surface area contributed by atoms with Crippen LogP contribution in [0.3, 0.4) is 0 Å². The number of para-hydroxylation sites is 1. The summed E-state index contributed by atoms with van der Waals surface area (Å²) in [7, 11) is 0. The van der Waals surface area contributed by atoms with Crippen molar-refractivity contribution in [3.05, 3.63) is 90.0 Å². The molecule has 0 atom stereocenters. The normalized spacial score (nSPS) is 18.3.